The van der Waals surface area contributed by atoms with Crippen molar-refractivity contribution in [1.29, 1.82) is 0 Å². The SMILES string of the molecule is CN(CC1CCCN1C)c1csc(C(=O)O)c1. The van der Waals surface area contributed by atoms with Crippen LogP contribution in [0.25, 0.3) is 0 Å². The van der Waals surface area contributed by atoms with E-state index in [0.29, 0.717) is 10.9 Å². The van der Waals surface area contributed by atoms with E-state index < -0.39 is 5.97 Å². The van der Waals surface area contributed by atoms with E-state index in [1.165, 1.54) is 30.7 Å². The number of likely N-dealkylation sites (N-methyl/N-ethyl adjacent to an activating group) is 2. The van der Waals surface area contributed by atoms with E-state index in [0.717, 1.165) is 12.2 Å². The van der Waals surface area contributed by atoms with Gasteiger partial charge in [-0.3, -0.25) is 0 Å². The van der Waals surface area contributed by atoms with E-state index in [-0.39, 0.29) is 0 Å². The summed E-state index contributed by atoms with van der Waals surface area (Å²) in [4.78, 5) is 15.8. The Kier molecular flexibility index (Phi) is 3.69. The minimum Gasteiger partial charge on any atom is -0.477 e. The molecule has 0 bridgehead atoms. The second-order valence-electron chi connectivity index (χ2n) is 4.63. The van der Waals surface area contributed by atoms with Gasteiger partial charge in [0.1, 0.15) is 4.88 Å². The lowest BCUT2D eigenvalue weighted by Gasteiger charge is -2.26. The Morgan fingerprint density at radius 3 is 3.00 bits per heavy atom. The number of thiophene rings is 1. The Hall–Kier alpha value is -1.07. The smallest absolute Gasteiger partial charge is 0.345 e. The number of hydrogen-bond acceptors (Lipinski definition) is 4. The lowest BCUT2D eigenvalue weighted by molar-refractivity contribution is 0.0702. The highest BCUT2D eigenvalue weighted by atomic mass is 32.1. The molecule has 17 heavy (non-hydrogen) atoms. The molecule has 0 aliphatic carbocycles. The predicted octanol–water partition coefficient (Wildman–Crippen LogP) is 1.98. The maximum Gasteiger partial charge on any atom is 0.345 e. The summed E-state index contributed by atoms with van der Waals surface area (Å²) in [5, 5.41) is 10.8. The molecule has 1 aliphatic heterocycles. The molecule has 1 aromatic rings. The number of aromatic carboxylic acids is 1. The normalized spacial score (nSPS) is 20.7. The first-order chi connectivity index (χ1) is 8.08. The zero-order chi connectivity index (χ0) is 12.4. The van der Waals surface area contributed by atoms with Gasteiger partial charge < -0.3 is 14.9 Å². The van der Waals surface area contributed by atoms with Gasteiger partial charge in [0.2, 0.25) is 0 Å². The van der Waals surface area contributed by atoms with Gasteiger partial charge in [-0.15, -0.1) is 11.3 Å². The average Bonchev–Trinajstić information content (AvgIpc) is 2.88. The minimum absolute atomic E-state index is 0.409. The summed E-state index contributed by atoms with van der Waals surface area (Å²) in [6.07, 6.45) is 2.50. The van der Waals surface area contributed by atoms with Gasteiger partial charge in [-0.05, 0) is 32.5 Å². The van der Waals surface area contributed by atoms with Crippen LogP contribution in [0.2, 0.25) is 0 Å². The van der Waals surface area contributed by atoms with Crippen molar-refractivity contribution >= 4 is 23.0 Å². The number of rotatable bonds is 4. The van der Waals surface area contributed by atoms with Crippen molar-refractivity contribution in [3.05, 3.63) is 16.3 Å². The molecule has 1 N–H and O–H groups in total. The van der Waals surface area contributed by atoms with Crippen LogP contribution in [0.15, 0.2) is 11.4 Å². The Bertz CT molecular complexity index is 405. The molecule has 1 fully saturated rings. The number of anilines is 1. The van der Waals surface area contributed by atoms with Gasteiger partial charge in [0.05, 0.1) is 0 Å². The van der Waals surface area contributed by atoms with Gasteiger partial charge in [-0.25, -0.2) is 4.79 Å². The summed E-state index contributed by atoms with van der Waals surface area (Å²) in [5.41, 5.74) is 1.01. The molecule has 0 radical (unpaired) electrons. The van der Waals surface area contributed by atoms with Crippen LogP contribution < -0.4 is 4.90 Å². The van der Waals surface area contributed by atoms with Gasteiger partial charge in [0.15, 0.2) is 0 Å². The lowest BCUT2D eigenvalue weighted by Crippen LogP contribution is -2.36. The number of carboxylic acid groups (broad SMARTS) is 1. The Labute approximate surface area is 105 Å². The topological polar surface area (TPSA) is 43.8 Å². The summed E-state index contributed by atoms with van der Waals surface area (Å²) < 4.78 is 0. The molecule has 0 spiro atoms. The van der Waals surface area contributed by atoms with E-state index in [2.05, 4.69) is 16.8 Å². The van der Waals surface area contributed by atoms with Crippen LogP contribution in [-0.2, 0) is 0 Å². The van der Waals surface area contributed by atoms with Crippen molar-refractivity contribution in [3.8, 4) is 0 Å². The fraction of sp³-hybridized carbons (Fsp3) is 0.583. The highest BCUT2D eigenvalue weighted by Gasteiger charge is 2.22. The molecule has 5 heteroatoms. The van der Waals surface area contributed by atoms with Crippen LogP contribution in [0.1, 0.15) is 22.5 Å². The van der Waals surface area contributed by atoms with E-state index >= 15 is 0 Å². The highest BCUT2D eigenvalue weighted by Crippen LogP contribution is 2.24. The number of carboxylic acids is 1. The van der Waals surface area contributed by atoms with Gasteiger partial charge in [0, 0.05) is 30.7 Å². The van der Waals surface area contributed by atoms with Gasteiger partial charge in [0.25, 0.3) is 0 Å². The fourth-order valence-electron chi connectivity index (χ4n) is 2.27. The Morgan fingerprint density at radius 2 is 2.47 bits per heavy atom. The number of nitrogens with zero attached hydrogens (tertiary/aromatic N) is 2. The summed E-state index contributed by atoms with van der Waals surface area (Å²) in [7, 11) is 4.18. The van der Waals surface area contributed by atoms with Gasteiger partial charge in [-0.1, -0.05) is 0 Å². The summed E-state index contributed by atoms with van der Waals surface area (Å²) in [5.74, 6) is -0.840. The molecule has 1 aliphatic rings. The van der Waals surface area contributed by atoms with Crippen LogP contribution in [-0.4, -0.2) is 49.2 Å². The van der Waals surface area contributed by atoms with Crippen molar-refractivity contribution in [3.63, 3.8) is 0 Å². The first-order valence-corrected chi connectivity index (χ1v) is 6.69. The molecule has 2 heterocycles. The van der Waals surface area contributed by atoms with E-state index in [4.69, 9.17) is 5.11 Å². The highest BCUT2D eigenvalue weighted by molar-refractivity contribution is 7.12. The minimum atomic E-state index is -0.840. The van der Waals surface area contributed by atoms with E-state index in [1.54, 1.807) is 6.07 Å². The largest absolute Gasteiger partial charge is 0.477 e. The standard InChI is InChI=1S/C12H18N2O2S/c1-13-5-3-4-9(13)7-14(2)10-6-11(12(15)16)17-8-10/h6,8-9H,3-5,7H2,1-2H3,(H,15,16). The van der Waals surface area contributed by atoms with Crippen molar-refractivity contribution < 1.29 is 9.90 Å². The van der Waals surface area contributed by atoms with Crippen molar-refractivity contribution in [2.45, 2.75) is 18.9 Å². The molecule has 1 saturated heterocycles. The monoisotopic (exact) mass is 254 g/mol. The number of hydrogen-bond donors (Lipinski definition) is 1. The zero-order valence-electron chi connectivity index (χ0n) is 10.2. The molecular formula is C12H18N2O2S. The second kappa shape index (κ2) is 5.06. The van der Waals surface area contributed by atoms with Crippen molar-refractivity contribution in [1.82, 2.24) is 4.90 Å². The summed E-state index contributed by atoms with van der Waals surface area (Å²) in [6, 6.07) is 2.34. The summed E-state index contributed by atoms with van der Waals surface area (Å²) in [6.45, 7) is 2.13. The Morgan fingerprint density at radius 1 is 1.71 bits per heavy atom. The molecule has 4 nitrogen and oxygen atoms in total. The third-order valence-electron chi connectivity index (χ3n) is 3.39. The van der Waals surface area contributed by atoms with Crippen LogP contribution >= 0.6 is 11.3 Å². The molecule has 0 saturated carbocycles. The van der Waals surface area contributed by atoms with Crippen LogP contribution in [0.3, 0.4) is 0 Å². The number of likely N-dealkylation sites (tertiary alicyclic amines) is 1. The van der Waals surface area contributed by atoms with Gasteiger partial charge in [-0.2, -0.15) is 0 Å². The third-order valence-corrected chi connectivity index (χ3v) is 4.30. The zero-order valence-corrected chi connectivity index (χ0v) is 11.0. The molecule has 94 valence electrons. The predicted molar refractivity (Wildman–Crippen MR) is 70.2 cm³/mol. The van der Waals surface area contributed by atoms with Crippen LogP contribution in [0.5, 0.6) is 0 Å². The van der Waals surface area contributed by atoms with Crippen LogP contribution in [0, 0.1) is 0 Å². The first-order valence-electron chi connectivity index (χ1n) is 5.81. The maximum absolute atomic E-state index is 10.8. The molecule has 2 rings (SSSR count). The third kappa shape index (κ3) is 2.79. The maximum atomic E-state index is 10.8. The molecule has 1 unspecified atom stereocenters. The van der Waals surface area contributed by atoms with Crippen LogP contribution in [0.4, 0.5) is 5.69 Å². The fourth-order valence-corrected chi connectivity index (χ4v) is 3.06. The van der Waals surface area contributed by atoms with Crippen molar-refractivity contribution in [2.75, 3.05) is 32.1 Å². The van der Waals surface area contributed by atoms with Crippen molar-refractivity contribution in [2.24, 2.45) is 0 Å². The molecule has 1 aromatic heterocycles. The molecule has 0 aromatic carbocycles. The summed E-state index contributed by atoms with van der Waals surface area (Å²) >= 11 is 1.29. The molecule has 1 atom stereocenters. The van der Waals surface area contributed by atoms with E-state index in [9.17, 15) is 4.79 Å². The molecule has 0 amide bonds. The average molecular weight is 254 g/mol. The molecular weight excluding hydrogens is 236 g/mol. The first kappa shape index (κ1) is 12.4. The van der Waals surface area contributed by atoms with E-state index in [1.807, 2.05) is 12.4 Å². The van der Waals surface area contributed by atoms with Gasteiger partial charge >= 0.3 is 5.97 Å². The second-order valence-corrected chi connectivity index (χ2v) is 5.54. The quantitative estimate of drug-likeness (QED) is 0.892. The Balaban J connectivity index is 1.98. The lowest BCUT2D eigenvalue weighted by atomic mass is 10.2. The number of carbonyl (C=O) groups is 1.